The van der Waals surface area contributed by atoms with E-state index in [9.17, 15) is 4.79 Å². The molecule has 0 amide bonds. The summed E-state index contributed by atoms with van der Waals surface area (Å²) in [6, 6.07) is 7.50. The van der Waals surface area contributed by atoms with Crippen LogP contribution in [0.2, 0.25) is 0 Å². The lowest BCUT2D eigenvalue weighted by molar-refractivity contribution is -0.0971. The zero-order valence-corrected chi connectivity index (χ0v) is 8.12. The molecule has 0 aromatic heterocycles. The lowest BCUT2D eigenvalue weighted by Gasteiger charge is -2.42. The van der Waals surface area contributed by atoms with Gasteiger partial charge in [0.15, 0.2) is 0 Å². The summed E-state index contributed by atoms with van der Waals surface area (Å²) >= 11 is 0. The first-order chi connectivity index (χ1) is 6.80. The third kappa shape index (κ3) is 1.35. The van der Waals surface area contributed by atoms with E-state index in [1.807, 2.05) is 18.2 Å². The highest BCUT2D eigenvalue weighted by atomic mass is 16.5. The Morgan fingerprint density at radius 2 is 2.36 bits per heavy atom. The third-order valence-electron chi connectivity index (χ3n) is 2.73. The fourth-order valence-corrected chi connectivity index (χ4v) is 1.75. The molecule has 0 aliphatic carbocycles. The van der Waals surface area contributed by atoms with Crippen molar-refractivity contribution in [3.63, 3.8) is 0 Å². The molecule has 0 saturated carbocycles. The standard InChI is InChI=1S/C11H13NO2/c1-14-11(5-6-12-11)10-4-2-3-9(7-10)8-13/h2-4,7-8,12H,5-6H2,1H3/t11-/m0/s1. The van der Waals surface area contributed by atoms with E-state index in [1.165, 1.54) is 0 Å². The summed E-state index contributed by atoms with van der Waals surface area (Å²) < 4.78 is 5.43. The van der Waals surface area contributed by atoms with Crippen LogP contribution in [0.1, 0.15) is 22.3 Å². The number of ether oxygens (including phenoxy) is 1. The van der Waals surface area contributed by atoms with Gasteiger partial charge in [0, 0.05) is 25.6 Å². The summed E-state index contributed by atoms with van der Waals surface area (Å²) in [6.07, 6.45) is 1.80. The SMILES string of the molecule is CO[C@]1(c2cccc(C=O)c2)CCN1. The van der Waals surface area contributed by atoms with Crippen molar-refractivity contribution in [2.75, 3.05) is 13.7 Å². The van der Waals surface area contributed by atoms with Crippen LogP contribution in [0.3, 0.4) is 0 Å². The molecular weight excluding hydrogens is 178 g/mol. The fraction of sp³-hybridized carbons (Fsp3) is 0.364. The van der Waals surface area contributed by atoms with Crippen molar-refractivity contribution in [2.45, 2.75) is 12.1 Å². The van der Waals surface area contributed by atoms with Crippen molar-refractivity contribution in [3.05, 3.63) is 35.4 Å². The van der Waals surface area contributed by atoms with Crippen LogP contribution in [-0.4, -0.2) is 19.9 Å². The molecular formula is C11H13NO2. The van der Waals surface area contributed by atoms with Gasteiger partial charge in [0.25, 0.3) is 0 Å². The lowest BCUT2D eigenvalue weighted by Crippen LogP contribution is -2.55. The maximum absolute atomic E-state index is 10.6. The Morgan fingerprint density at radius 1 is 1.57 bits per heavy atom. The van der Waals surface area contributed by atoms with Gasteiger partial charge in [-0.2, -0.15) is 0 Å². The summed E-state index contributed by atoms with van der Waals surface area (Å²) in [4.78, 5) is 10.6. The number of aldehydes is 1. The molecule has 2 rings (SSSR count). The summed E-state index contributed by atoms with van der Waals surface area (Å²) in [7, 11) is 1.68. The largest absolute Gasteiger partial charge is 0.360 e. The molecule has 1 heterocycles. The Hall–Kier alpha value is -1.19. The van der Waals surface area contributed by atoms with E-state index in [-0.39, 0.29) is 5.72 Å². The predicted molar refractivity (Wildman–Crippen MR) is 53.1 cm³/mol. The molecule has 1 aliphatic rings. The van der Waals surface area contributed by atoms with E-state index in [2.05, 4.69) is 5.32 Å². The number of benzene rings is 1. The van der Waals surface area contributed by atoms with Crippen molar-refractivity contribution in [1.82, 2.24) is 5.32 Å². The minimum atomic E-state index is -0.362. The minimum absolute atomic E-state index is 0.362. The minimum Gasteiger partial charge on any atom is -0.360 e. The first-order valence-electron chi connectivity index (χ1n) is 4.67. The van der Waals surface area contributed by atoms with Crippen LogP contribution < -0.4 is 5.32 Å². The summed E-state index contributed by atoms with van der Waals surface area (Å²) in [5.41, 5.74) is 1.35. The van der Waals surface area contributed by atoms with Gasteiger partial charge in [-0.3, -0.25) is 10.1 Å². The lowest BCUT2D eigenvalue weighted by atomic mass is 9.92. The average Bonchev–Trinajstić information content (AvgIpc) is 2.18. The van der Waals surface area contributed by atoms with Crippen LogP contribution in [-0.2, 0) is 10.5 Å². The molecule has 3 heteroatoms. The van der Waals surface area contributed by atoms with Gasteiger partial charge >= 0.3 is 0 Å². The highest BCUT2D eigenvalue weighted by Gasteiger charge is 2.38. The number of hydrogen-bond donors (Lipinski definition) is 1. The maximum atomic E-state index is 10.6. The molecule has 0 radical (unpaired) electrons. The van der Waals surface area contributed by atoms with Gasteiger partial charge in [-0.05, 0) is 11.6 Å². The summed E-state index contributed by atoms with van der Waals surface area (Å²) in [6.45, 7) is 0.957. The van der Waals surface area contributed by atoms with Gasteiger partial charge in [-0.25, -0.2) is 0 Å². The van der Waals surface area contributed by atoms with E-state index in [0.717, 1.165) is 24.8 Å². The van der Waals surface area contributed by atoms with Crippen molar-refractivity contribution in [1.29, 1.82) is 0 Å². The van der Waals surface area contributed by atoms with Crippen molar-refractivity contribution < 1.29 is 9.53 Å². The zero-order valence-electron chi connectivity index (χ0n) is 8.12. The van der Waals surface area contributed by atoms with E-state index in [4.69, 9.17) is 4.74 Å². The van der Waals surface area contributed by atoms with Gasteiger partial charge < -0.3 is 4.74 Å². The van der Waals surface area contributed by atoms with Crippen LogP contribution in [0.4, 0.5) is 0 Å². The molecule has 0 bridgehead atoms. The van der Waals surface area contributed by atoms with Crippen LogP contribution in [0, 0.1) is 0 Å². The molecule has 1 atom stereocenters. The molecule has 1 aromatic rings. The topological polar surface area (TPSA) is 38.3 Å². The highest BCUT2D eigenvalue weighted by molar-refractivity contribution is 5.75. The third-order valence-corrected chi connectivity index (χ3v) is 2.73. The second kappa shape index (κ2) is 3.52. The Balaban J connectivity index is 2.34. The fourth-order valence-electron chi connectivity index (χ4n) is 1.75. The van der Waals surface area contributed by atoms with Gasteiger partial charge in [0.1, 0.15) is 12.0 Å². The van der Waals surface area contributed by atoms with Gasteiger partial charge in [0.05, 0.1) is 0 Å². The van der Waals surface area contributed by atoms with Crippen LogP contribution in [0.15, 0.2) is 24.3 Å². The second-order valence-corrected chi connectivity index (χ2v) is 3.45. The second-order valence-electron chi connectivity index (χ2n) is 3.45. The number of methoxy groups -OCH3 is 1. The number of nitrogens with one attached hydrogen (secondary N) is 1. The molecule has 14 heavy (non-hydrogen) atoms. The van der Waals surface area contributed by atoms with Gasteiger partial charge in [-0.15, -0.1) is 0 Å². The molecule has 0 unspecified atom stereocenters. The van der Waals surface area contributed by atoms with E-state index in [1.54, 1.807) is 13.2 Å². The molecule has 0 spiro atoms. The number of carbonyl (C=O) groups excluding carboxylic acids is 1. The zero-order chi connectivity index (χ0) is 10.0. The van der Waals surface area contributed by atoms with E-state index >= 15 is 0 Å². The summed E-state index contributed by atoms with van der Waals surface area (Å²) in [5, 5.41) is 3.24. The molecule has 1 N–H and O–H groups in total. The molecule has 1 fully saturated rings. The molecule has 3 nitrogen and oxygen atoms in total. The Labute approximate surface area is 83.1 Å². The molecule has 1 aromatic carbocycles. The number of rotatable bonds is 3. The van der Waals surface area contributed by atoms with Crippen molar-refractivity contribution in [3.8, 4) is 0 Å². The van der Waals surface area contributed by atoms with Crippen molar-refractivity contribution in [2.24, 2.45) is 0 Å². The van der Waals surface area contributed by atoms with Crippen molar-refractivity contribution >= 4 is 6.29 Å². The monoisotopic (exact) mass is 191 g/mol. The van der Waals surface area contributed by atoms with Gasteiger partial charge in [-0.1, -0.05) is 18.2 Å². The predicted octanol–water partition coefficient (Wildman–Crippen LogP) is 1.29. The maximum Gasteiger partial charge on any atom is 0.150 e. The first kappa shape index (κ1) is 9.37. The number of carbonyl (C=O) groups is 1. The van der Waals surface area contributed by atoms with Crippen LogP contribution in [0.5, 0.6) is 0 Å². The molecule has 1 aliphatic heterocycles. The smallest absolute Gasteiger partial charge is 0.150 e. The molecule has 74 valence electrons. The number of hydrogen-bond acceptors (Lipinski definition) is 3. The first-order valence-corrected chi connectivity index (χ1v) is 4.67. The quantitative estimate of drug-likeness (QED) is 0.732. The average molecular weight is 191 g/mol. The molecule has 1 saturated heterocycles. The highest BCUT2D eigenvalue weighted by Crippen LogP contribution is 2.31. The van der Waals surface area contributed by atoms with Crippen LogP contribution in [0.25, 0.3) is 0 Å². The Kier molecular flexibility index (Phi) is 2.35. The Morgan fingerprint density at radius 3 is 2.86 bits per heavy atom. The van der Waals surface area contributed by atoms with E-state index < -0.39 is 0 Å². The normalized spacial score (nSPS) is 25.5. The Bertz CT molecular complexity index is 339. The summed E-state index contributed by atoms with van der Waals surface area (Å²) in [5.74, 6) is 0. The van der Waals surface area contributed by atoms with Crippen LogP contribution >= 0.6 is 0 Å². The van der Waals surface area contributed by atoms with Gasteiger partial charge in [0.2, 0.25) is 0 Å². The van der Waals surface area contributed by atoms with E-state index in [0.29, 0.717) is 5.56 Å².